The van der Waals surface area contributed by atoms with Crippen LogP contribution in [0.4, 0.5) is 18.9 Å². The maximum absolute atomic E-state index is 12.8. The van der Waals surface area contributed by atoms with Crippen LogP contribution in [0.2, 0.25) is 0 Å². The van der Waals surface area contributed by atoms with Crippen molar-refractivity contribution in [3.8, 4) is 0 Å². The minimum Gasteiger partial charge on any atom is -0.310 e. The first-order chi connectivity index (χ1) is 12.0. The maximum atomic E-state index is 12.8. The number of benzene rings is 2. The monoisotopic (exact) mass is 420 g/mol. The number of alkyl halides is 3. The van der Waals surface area contributed by atoms with Crippen LogP contribution in [0.1, 0.15) is 37.3 Å². The average Bonchev–Trinajstić information content (AvgIpc) is 2.53. The Hall–Kier alpha value is -2.06. The highest BCUT2D eigenvalue weighted by Crippen LogP contribution is 2.31. The lowest BCUT2D eigenvalue weighted by molar-refractivity contribution is -0.137. The Kier molecular flexibility index (Phi) is 7.45. The predicted octanol–water partition coefficient (Wildman–Crippen LogP) is 5.46. The number of anilines is 1. The van der Waals surface area contributed by atoms with Gasteiger partial charge in [0.25, 0.3) is 10.0 Å². The van der Waals surface area contributed by atoms with Gasteiger partial charge in [0.2, 0.25) is 0 Å². The van der Waals surface area contributed by atoms with Gasteiger partial charge in [-0.05, 0) is 55.2 Å². The summed E-state index contributed by atoms with van der Waals surface area (Å²) >= 11 is 0. The lowest BCUT2D eigenvalue weighted by Gasteiger charge is -2.14. The number of nitrogens with one attached hydrogen (secondary N) is 2. The summed E-state index contributed by atoms with van der Waals surface area (Å²) in [5.74, 6) is 0.0190. The number of sulfonamides is 1. The van der Waals surface area contributed by atoms with Crippen LogP contribution in [0, 0.1) is 5.41 Å². The molecule has 0 saturated heterocycles. The van der Waals surface area contributed by atoms with Gasteiger partial charge in [-0.1, -0.05) is 25.1 Å². The fourth-order valence-corrected chi connectivity index (χ4v) is 3.63. The van der Waals surface area contributed by atoms with Gasteiger partial charge in [0, 0.05) is 11.4 Å². The molecule has 0 bridgehead atoms. The molecule has 148 valence electrons. The van der Waals surface area contributed by atoms with Gasteiger partial charge in [-0.15, -0.1) is 12.4 Å². The van der Waals surface area contributed by atoms with Crippen molar-refractivity contribution in [3.63, 3.8) is 0 Å². The summed E-state index contributed by atoms with van der Waals surface area (Å²) in [6.07, 6.45) is -4.09. The molecular formula is C18H20ClF3N2O2S. The highest BCUT2D eigenvalue weighted by molar-refractivity contribution is 7.92. The SMILES string of the molecule is CC(=N)C[C@H](C)c1cccc(NS(=O)(=O)c2cccc(C(F)(F)F)c2)c1.Cl. The largest absolute Gasteiger partial charge is 0.416 e. The average molecular weight is 421 g/mol. The zero-order valence-electron chi connectivity index (χ0n) is 14.7. The van der Waals surface area contributed by atoms with Crippen molar-refractivity contribution in [2.24, 2.45) is 0 Å². The van der Waals surface area contributed by atoms with E-state index >= 15 is 0 Å². The molecule has 2 aromatic carbocycles. The molecule has 0 radical (unpaired) electrons. The molecular weight excluding hydrogens is 401 g/mol. The number of halogens is 4. The normalized spacial score (nSPS) is 12.8. The van der Waals surface area contributed by atoms with Gasteiger partial charge < -0.3 is 5.41 Å². The maximum Gasteiger partial charge on any atom is 0.416 e. The first-order valence-corrected chi connectivity index (χ1v) is 9.31. The van der Waals surface area contributed by atoms with E-state index in [4.69, 9.17) is 5.41 Å². The van der Waals surface area contributed by atoms with Crippen molar-refractivity contribution in [2.45, 2.75) is 37.3 Å². The highest BCUT2D eigenvalue weighted by atomic mass is 35.5. The molecule has 1 atom stereocenters. The van der Waals surface area contributed by atoms with E-state index in [1.54, 1.807) is 19.1 Å². The van der Waals surface area contributed by atoms with E-state index in [1.165, 1.54) is 6.07 Å². The van der Waals surface area contributed by atoms with Crippen LogP contribution < -0.4 is 4.72 Å². The van der Waals surface area contributed by atoms with Gasteiger partial charge in [-0.2, -0.15) is 13.2 Å². The molecule has 0 aromatic heterocycles. The van der Waals surface area contributed by atoms with E-state index in [0.717, 1.165) is 23.8 Å². The topological polar surface area (TPSA) is 70.0 Å². The van der Waals surface area contributed by atoms with Crippen LogP contribution in [0.15, 0.2) is 53.4 Å². The molecule has 0 unspecified atom stereocenters. The summed E-state index contributed by atoms with van der Waals surface area (Å²) in [6.45, 7) is 3.61. The van der Waals surface area contributed by atoms with Crippen LogP contribution in [0.3, 0.4) is 0 Å². The lowest BCUT2D eigenvalue weighted by Crippen LogP contribution is -2.15. The minimum atomic E-state index is -4.62. The standard InChI is InChI=1S/C18H19F3N2O2S.ClH/c1-12(9-13(2)22)14-5-3-7-16(10-14)23-26(24,25)17-8-4-6-15(11-17)18(19,20)21;/h3-8,10-12,22-23H,9H2,1-2H3;1H/t12-;/m0./s1. The fraction of sp³-hybridized carbons (Fsp3) is 0.278. The van der Waals surface area contributed by atoms with Gasteiger partial charge in [0.05, 0.1) is 10.5 Å². The Labute approximate surface area is 162 Å². The smallest absolute Gasteiger partial charge is 0.310 e. The summed E-state index contributed by atoms with van der Waals surface area (Å²) in [5.41, 5.74) is 0.576. The molecule has 2 rings (SSSR count). The molecule has 2 N–H and O–H groups in total. The zero-order chi connectivity index (χ0) is 19.5. The molecule has 9 heteroatoms. The van der Waals surface area contributed by atoms with Crippen molar-refractivity contribution in [2.75, 3.05) is 4.72 Å². The Morgan fingerprint density at radius 2 is 1.78 bits per heavy atom. The van der Waals surface area contributed by atoms with Crippen molar-refractivity contribution in [3.05, 3.63) is 59.7 Å². The zero-order valence-corrected chi connectivity index (χ0v) is 16.3. The van der Waals surface area contributed by atoms with E-state index in [2.05, 4.69) is 4.72 Å². The van der Waals surface area contributed by atoms with Gasteiger partial charge >= 0.3 is 6.18 Å². The summed E-state index contributed by atoms with van der Waals surface area (Å²) in [4.78, 5) is -0.457. The van der Waals surface area contributed by atoms with E-state index < -0.39 is 26.7 Å². The van der Waals surface area contributed by atoms with Crippen molar-refractivity contribution < 1.29 is 21.6 Å². The lowest BCUT2D eigenvalue weighted by atomic mass is 9.95. The Balaban J connectivity index is 0.00000364. The number of hydrogen-bond acceptors (Lipinski definition) is 3. The fourth-order valence-electron chi connectivity index (χ4n) is 2.54. The van der Waals surface area contributed by atoms with Gasteiger partial charge in [-0.25, -0.2) is 8.42 Å². The quantitative estimate of drug-likeness (QED) is 0.609. The summed E-state index contributed by atoms with van der Waals surface area (Å²) < 4.78 is 65.6. The number of hydrogen-bond donors (Lipinski definition) is 2. The second-order valence-corrected chi connectivity index (χ2v) is 7.82. The van der Waals surface area contributed by atoms with E-state index in [9.17, 15) is 21.6 Å². The molecule has 0 saturated carbocycles. The predicted molar refractivity (Wildman–Crippen MR) is 102 cm³/mol. The van der Waals surface area contributed by atoms with Crippen LogP contribution >= 0.6 is 12.4 Å². The third kappa shape index (κ3) is 6.25. The minimum absolute atomic E-state index is 0. The van der Waals surface area contributed by atoms with Gasteiger partial charge in [0.1, 0.15) is 0 Å². The summed E-state index contributed by atoms with van der Waals surface area (Å²) in [7, 11) is -4.15. The van der Waals surface area contributed by atoms with Crippen molar-refractivity contribution >= 4 is 33.8 Å². The van der Waals surface area contributed by atoms with Gasteiger partial charge in [0.15, 0.2) is 0 Å². The number of rotatable bonds is 6. The van der Waals surface area contributed by atoms with Crippen molar-refractivity contribution in [1.29, 1.82) is 5.41 Å². The summed E-state index contributed by atoms with van der Waals surface area (Å²) in [6, 6.07) is 10.2. The van der Waals surface area contributed by atoms with Crippen LogP contribution in [-0.2, 0) is 16.2 Å². The molecule has 0 aliphatic carbocycles. The molecule has 2 aromatic rings. The Bertz CT molecular complexity index is 915. The third-order valence-corrected chi connectivity index (χ3v) is 5.17. The van der Waals surface area contributed by atoms with Crippen LogP contribution in [-0.4, -0.2) is 14.1 Å². The molecule has 27 heavy (non-hydrogen) atoms. The summed E-state index contributed by atoms with van der Waals surface area (Å²) in [5, 5.41) is 7.55. The van der Waals surface area contributed by atoms with E-state index in [1.807, 2.05) is 13.0 Å². The first kappa shape index (κ1) is 23.0. The molecule has 0 aliphatic heterocycles. The van der Waals surface area contributed by atoms with Crippen molar-refractivity contribution in [1.82, 2.24) is 0 Å². The second-order valence-electron chi connectivity index (χ2n) is 6.14. The van der Waals surface area contributed by atoms with Crippen LogP contribution in [0.25, 0.3) is 0 Å². The molecule has 0 aliphatic rings. The van der Waals surface area contributed by atoms with E-state index in [0.29, 0.717) is 18.2 Å². The molecule has 0 fully saturated rings. The third-order valence-electron chi connectivity index (χ3n) is 3.79. The highest BCUT2D eigenvalue weighted by Gasteiger charge is 2.31. The van der Waals surface area contributed by atoms with Gasteiger partial charge in [-0.3, -0.25) is 4.72 Å². The van der Waals surface area contributed by atoms with Crippen LogP contribution in [0.5, 0.6) is 0 Å². The molecule has 4 nitrogen and oxygen atoms in total. The second kappa shape index (κ2) is 8.75. The Morgan fingerprint density at radius 3 is 2.37 bits per heavy atom. The first-order valence-electron chi connectivity index (χ1n) is 7.83. The molecule has 0 spiro atoms. The van der Waals surface area contributed by atoms with E-state index in [-0.39, 0.29) is 24.0 Å². The molecule has 0 amide bonds. The Morgan fingerprint density at radius 1 is 1.15 bits per heavy atom. The molecule has 0 heterocycles.